The van der Waals surface area contributed by atoms with E-state index in [-0.39, 0.29) is 11.7 Å². The Morgan fingerprint density at radius 1 is 1.07 bits per heavy atom. The smallest absolute Gasteiger partial charge is 0.281 e. The maximum absolute atomic E-state index is 12.4. The number of carbonyl (C=O) groups excluding carboxylic acids is 2. The van der Waals surface area contributed by atoms with Gasteiger partial charge in [0.25, 0.3) is 11.8 Å². The van der Waals surface area contributed by atoms with Crippen LogP contribution in [-0.2, 0) is 0 Å². The average Bonchev–Trinajstić information content (AvgIpc) is 3.33. The molecule has 2 aromatic heterocycles. The van der Waals surface area contributed by atoms with Crippen LogP contribution in [0.2, 0.25) is 0 Å². The van der Waals surface area contributed by atoms with Crippen LogP contribution >= 0.6 is 38.6 Å². The molecule has 2 amide bonds. The molecule has 3 N–H and O–H groups in total. The van der Waals surface area contributed by atoms with Crippen molar-refractivity contribution in [1.82, 2.24) is 15.9 Å². The van der Waals surface area contributed by atoms with Crippen molar-refractivity contribution in [3.8, 4) is 16.2 Å². The van der Waals surface area contributed by atoms with E-state index in [9.17, 15) is 14.7 Å². The van der Waals surface area contributed by atoms with Gasteiger partial charge in [0.1, 0.15) is 5.75 Å². The van der Waals surface area contributed by atoms with Gasteiger partial charge >= 0.3 is 0 Å². The summed E-state index contributed by atoms with van der Waals surface area (Å²) in [7, 11) is 3.41. The second kappa shape index (κ2) is 9.52. The summed E-state index contributed by atoms with van der Waals surface area (Å²) in [6.45, 7) is 1.71. The van der Waals surface area contributed by atoms with Crippen LogP contribution in [0.3, 0.4) is 0 Å². The highest BCUT2D eigenvalue weighted by Crippen LogP contribution is 2.39. The number of hydrazine groups is 1. The van der Waals surface area contributed by atoms with Gasteiger partial charge in [0.2, 0.25) is 0 Å². The summed E-state index contributed by atoms with van der Waals surface area (Å²) in [5, 5.41) is 18.0. The fourth-order valence-corrected chi connectivity index (χ4v) is 4.57. The van der Waals surface area contributed by atoms with Crippen molar-refractivity contribution in [1.29, 1.82) is 0 Å². The number of benzene rings is 1. The molecule has 0 aliphatic rings. The molecule has 10 heteroatoms. The van der Waals surface area contributed by atoms with Crippen molar-refractivity contribution >= 4 is 56.1 Å². The fourth-order valence-electron chi connectivity index (χ4n) is 2.50. The van der Waals surface area contributed by atoms with Crippen LogP contribution in [0.25, 0.3) is 10.4 Å². The van der Waals surface area contributed by atoms with Gasteiger partial charge in [0, 0.05) is 23.9 Å². The number of halogens is 1. The predicted molar refractivity (Wildman–Crippen MR) is 124 cm³/mol. The molecular formula is C20H19BrN4O3S2. The summed E-state index contributed by atoms with van der Waals surface area (Å²) in [5.74, 6) is -0.588. The van der Waals surface area contributed by atoms with E-state index in [4.69, 9.17) is 0 Å². The van der Waals surface area contributed by atoms with Crippen LogP contribution in [0, 0.1) is 0 Å². The van der Waals surface area contributed by atoms with Gasteiger partial charge in [-0.05, 0) is 36.8 Å². The van der Waals surface area contributed by atoms with Gasteiger partial charge < -0.3 is 5.11 Å². The molecule has 0 radical (unpaired) electrons. The lowest BCUT2D eigenvalue weighted by Gasteiger charge is -2.09. The summed E-state index contributed by atoms with van der Waals surface area (Å²) >= 11 is 5.87. The Hall–Kier alpha value is -2.53. The molecule has 3 aromatic rings. The van der Waals surface area contributed by atoms with E-state index in [0.29, 0.717) is 21.0 Å². The minimum absolute atomic E-state index is 0.122. The van der Waals surface area contributed by atoms with E-state index in [2.05, 4.69) is 31.9 Å². The van der Waals surface area contributed by atoms with Crippen LogP contribution < -0.4 is 10.9 Å². The van der Waals surface area contributed by atoms with Gasteiger partial charge in [-0.3, -0.25) is 15.0 Å². The Kier molecular flexibility index (Phi) is 7.03. The van der Waals surface area contributed by atoms with E-state index >= 15 is 0 Å². The molecule has 0 spiro atoms. The van der Waals surface area contributed by atoms with E-state index < -0.39 is 5.91 Å². The third kappa shape index (κ3) is 5.14. The Balaban J connectivity index is 1.71. The standard InChI is InChI=1S/C20H19BrN4O3S2/c1-11(14-10-29-18(17(14)26)12-4-6-13(21)7-5-12)22-23-19(27)15-8-9-16(30-15)20(28)24-25(2)3/h4-10,26H,1-3H3,(H,23,27)(H,24,28)/b22-11+. The van der Waals surface area contributed by atoms with Gasteiger partial charge in [-0.2, -0.15) is 5.10 Å². The van der Waals surface area contributed by atoms with Crippen molar-refractivity contribution in [3.63, 3.8) is 0 Å². The average molecular weight is 507 g/mol. The number of nitrogens with one attached hydrogen (secondary N) is 2. The Labute approximate surface area is 190 Å². The molecule has 3 rings (SSSR count). The topological polar surface area (TPSA) is 94.0 Å². The quantitative estimate of drug-likeness (QED) is 0.343. The molecule has 156 valence electrons. The first kappa shape index (κ1) is 22.2. The van der Waals surface area contributed by atoms with Gasteiger partial charge in [-0.15, -0.1) is 22.7 Å². The normalized spacial score (nSPS) is 11.6. The highest BCUT2D eigenvalue weighted by molar-refractivity contribution is 9.10. The number of hydrogen-bond acceptors (Lipinski definition) is 7. The summed E-state index contributed by atoms with van der Waals surface area (Å²) in [5.41, 5.74) is 7.02. The molecule has 0 bridgehead atoms. The zero-order valence-electron chi connectivity index (χ0n) is 16.4. The first-order chi connectivity index (χ1) is 14.3. The SMILES string of the molecule is C/C(=N\NC(=O)c1ccc(C(=O)NN(C)C)s1)c1csc(-c2ccc(Br)cc2)c1O. The van der Waals surface area contributed by atoms with Crippen molar-refractivity contribution in [3.05, 3.63) is 61.6 Å². The summed E-state index contributed by atoms with van der Waals surface area (Å²) < 4.78 is 0.957. The number of aromatic hydroxyl groups is 1. The predicted octanol–water partition coefficient (Wildman–Crippen LogP) is 4.31. The number of thiophene rings is 2. The van der Waals surface area contributed by atoms with Crippen molar-refractivity contribution in [2.24, 2.45) is 5.10 Å². The largest absolute Gasteiger partial charge is 0.506 e. The molecule has 0 atom stereocenters. The first-order valence-electron chi connectivity index (χ1n) is 8.75. The third-order valence-electron chi connectivity index (χ3n) is 3.96. The summed E-state index contributed by atoms with van der Waals surface area (Å²) in [6, 6.07) is 10.8. The molecule has 0 saturated heterocycles. The molecule has 0 fully saturated rings. The van der Waals surface area contributed by atoms with Gasteiger partial charge in [0.15, 0.2) is 0 Å². The van der Waals surface area contributed by atoms with Gasteiger partial charge in [0.05, 0.1) is 25.9 Å². The molecular weight excluding hydrogens is 488 g/mol. The van der Waals surface area contributed by atoms with Crippen molar-refractivity contribution in [2.45, 2.75) is 6.92 Å². The van der Waals surface area contributed by atoms with E-state index in [1.807, 2.05) is 24.3 Å². The number of rotatable bonds is 6. The molecule has 0 aliphatic carbocycles. The van der Waals surface area contributed by atoms with Crippen LogP contribution in [0.5, 0.6) is 5.75 Å². The van der Waals surface area contributed by atoms with Crippen LogP contribution in [0.1, 0.15) is 31.8 Å². The molecule has 0 aliphatic heterocycles. The van der Waals surface area contributed by atoms with Crippen molar-refractivity contribution in [2.75, 3.05) is 14.1 Å². The highest BCUT2D eigenvalue weighted by atomic mass is 79.9. The monoisotopic (exact) mass is 506 g/mol. The molecule has 2 heterocycles. The number of hydrazone groups is 1. The van der Waals surface area contributed by atoms with E-state index in [1.54, 1.807) is 38.5 Å². The molecule has 0 saturated carbocycles. The zero-order chi connectivity index (χ0) is 21.8. The molecule has 1 aromatic carbocycles. The number of carbonyl (C=O) groups is 2. The summed E-state index contributed by atoms with van der Waals surface area (Å²) in [6.07, 6.45) is 0. The lowest BCUT2D eigenvalue weighted by molar-refractivity contribution is 0.0861. The van der Waals surface area contributed by atoms with Gasteiger partial charge in [-0.1, -0.05) is 28.1 Å². The Morgan fingerprint density at radius 2 is 1.70 bits per heavy atom. The molecule has 30 heavy (non-hydrogen) atoms. The maximum atomic E-state index is 12.4. The van der Waals surface area contributed by atoms with Crippen LogP contribution in [0.4, 0.5) is 0 Å². The highest BCUT2D eigenvalue weighted by Gasteiger charge is 2.16. The van der Waals surface area contributed by atoms with Crippen LogP contribution in [0.15, 0.2) is 51.4 Å². The second-order valence-corrected chi connectivity index (χ2v) is 9.35. The fraction of sp³-hybridized carbons (Fsp3) is 0.150. The third-order valence-corrected chi connectivity index (χ3v) is 6.59. The summed E-state index contributed by atoms with van der Waals surface area (Å²) in [4.78, 5) is 25.9. The first-order valence-corrected chi connectivity index (χ1v) is 11.2. The molecule has 7 nitrogen and oxygen atoms in total. The lowest BCUT2D eigenvalue weighted by Crippen LogP contribution is -2.35. The van der Waals surface area contributed by atoms with E-state index in [0.717, 1.165) is 26.3 Å². The maximum Gasteiger partial charge on any atom is 0.281 e. The zero-order valence-corrected chi connectivity index (χ0v) is 19.6. The lowest BCUT2D eigenvalue weighted by atomic mass is 10.1. The van der Waals surface area contributed by atoms with Crippen molar-refractivity contribution < 1.29 is 14.7 Å². The second-order valence-electron chi connectivity index (χ2n) is 6.47. The number of hydrogen-bond donors (Lipinski definition) is 3. The van der Waals surface area contributed by atoms with Crippen LogP contribution in [-0.4, -0.2) is 41.7 Å². The number of nitrogens with zero attached hydrogens (tertiary/aromatic N) is 2. The van der Waals surface area contributed by atoms with E-state index in [1.165, 1.54) is 16.3 Å². The number of amides is 2. The minimum Gasteiger partial charge on any atom is -0.506 e. The molecule has 0 unspecified atom stereocenters. The Morgan fingerprint density at radius 3 is 2.33 bits per heavy atom. The Bertz CT molecular complexity index is 1100. The van der Waals surface area contributed by atoms with Gasteiger partial charge in [-0.25, -0.2) is 10.4 Å². The minimum atomic E-state index is -0.425.